The van der Waals surface area contributed by atoms with Crippen LogP contribution in [0, 0.1) is 40.9 Å². The van der Waals surface area contributed by atoms with E-state index in [1.165, 1.54) is 19.3 Å². The summed E-state index contributed by atoms with van der Waals surface area (Å²) in [5.41, 5.74) is 0. The second-order valence-corrected chi connectivity index (χ2v) is 5.48. The lowest BCUT2D eigenvalue weighted by atomic mass is 9.62. The van der Waals surface area contributed by atoms with Crippen LogP contribution in [-0.2, 0) is 0 Å². The number of hydrogen-bond acceptors (Lipinski definition) is 1. The molecule has 1 aliphatic carbocycles. The average Bonchev–Trinajstić information content (AvgIpc) is 2.22. The quantitative estimate of drug-likeness (QED) is 0.679. The maximum absolute atomic E-state index is 8.85. The Kier molecular flexibility index (Phi) is 4.64. The van der Waals surface area contributed by atoms with Crippen molar-refractivity contribution in [2.24, 2.45) is 29.6 Å². The summed E-state index contributed by atoms with van der Waals surface area (Å²) in [7, 11) is 0. The van der Waals surface area contributed by atoms with E-state index >= 15 is 0 Å². The van der Waals surface area contributed by atoms with E-state index in [0.29, 0.717) is 5.92 Å². The van der Waals surface area contributed by atoms with Crippen molar-refractivity contribution in [2.45, 2.75) is 53.4 Å². The number of rotatable bonds is 3. The Bertz CT molecular complexity index is 228. The molecule has 0 heterocycles. The molecular weight excluding hydrogens is 182 g/mol. The topological polar surface area (TPSA) is 23.8 Å². The average molecular weight is 207 g/mol. The Morgan fingerprint density at radius 2 is 1.67 bits per heavy atom. The van der Waals surface area contributed by atoms with Crippen molar-refractivity contribution < 1.29 is 0 Å². The third-order valence-electron chi connectivity index (χ3n) is 4.76. The molecule has 0 aliphatic heterocycles. The molecule has 15 heavy (non-hydrogen) atoms. The van der Waals surface area contributed by atoms with Crippen LogP contribution in [0.15, 0.2) is 0 Å². The summed E-state index contributed by atoms with van der Waals surface area (Å²) in [5.74, 6) is 3.87. The molecular formula is C14H25N. The van der Waals surface area contributed by atoms with Crippen molar-refractivity contribution >= 4 is 0 Å². The zero-order valence-electron chi connectivity index (χ0n) is 10.7. The van der Waals surface area contributed by atoms with Gasteiger partial charge in [0.1, 0.15) is 0 Å². The zero-order chi connectivity index (χ0) is 11.4. The lowest BCUT2D eigenvalue weighted by Crippen LogP contribution is -2.36. The van der Waals surface area contributed by atoms with Crippen molar-refractivity contribution in [1.29, 1.82) is 5.26 Å². The van der Waals surface area contributed by atoms with E-state index in [0.717, 1.165) is 30.1 Å². The van der Waals surface area contributed by atoms with Crippen LogP contribution in [0.4, 0.5) is 0 Å². The Labute approximate surface area is 94.9 Å². The second kappa shape index (κ2) is 5.54. The van der Waals surface area contributed by atoms with Crippen LogP contribution < -0.4 is 0 Å². The maximum Gasteiger partial charge on any atom is 0.0624 e. The van der Waals surface area contributed by atoms with Crippen molar-refractivity contribution in [2.75, 3.05) is 0 Å². The minimum absolute atomic E-state index is 0.651. The first-order valence-corrected chi connectivity index (χ1v) is 6.48. The highest BCUT2D eigenvalue weighted by Gasteiger charge is 2.37. The lowest BCUT2D eigenvalue weighted by Gasteiger charge is -2.43. The van der Waals surface area contributed by atoms with Crippen molar-refractivity contribution in [3.63, 3.8) is 0 Å². The normalized spacial score (nSPS) is 41.1. The van der Waals surface area contributed by atoms with Gasteiger partial charge in [0, 0.05) is 6.42 Å². The molecule has 1 aliphatic rings. The fourth-order valence-corrected chi connectivity index (χ4v) is 3.29. The van der Waals surface area contributed by atoms with Crippen LogP contribution in [0.5, 0.6) is 0 Å². The SMILES string of the molecule is CCCC1CC(CC#N)C(C)C(C)C1C. The Hall–Kier alpha value is -0.510. The van der Waals surface area contributed by atoms with Gasteiger partial charge in [-0.15, -0.1) is 0 Å². The minimum Gasteiger partial charge on any atom is -0.198 e. The Morgan fingerprint density at radius 1 is 1.07 bits per heavy atom. The molecule has 5 atom stereocenters. The first-order chi connectivity index (χ1) is 7.11. The zero-order valence-corrected chi connectivity index (χ0v) is 10.7. The summed E-state index contributed by atoms with van der Waals surface area (Å²) in [6.45, 7) is 9.39. The molecule has 0 radical (unpaired) electrons. The fraction of sp³-hybridized carbons (Fsp3) is 0.929. The van der Waals surface area contributed by atoms with Crippen LogP contribution >= 0.6 is 0 Å². The highest BCUT2D eigenvalue weighted by Crippen LogP contribution is 2.44. The van der Waals surface area contributed by atoms with Gasteiger partial charge in [-0.2, -0.15) is 5.26 Å². The van der Waals surface area contributed by atoms with E-state index in [1.807, 2.05) is 0 Å². The van der Waals surface area contributed by atoms with E-state index in [4.69, 9.17) is 5.26 Å². The van der Waals surface area contributed by atoms with E-state index in [-0.39, 0.29) is 0 Å². The molecule has 5 unspecified atom stereocenters. The Balaban J connectivity index is 2.67. The standard InChI is InChI=1S/C14H25N/c1-5-6-13-9-14(7-8-15)12(4)10(2)11(13)3/h10-14H,5-7,9H2,1-4H3. The van der Waals surface area contributed by atoms with Crippen molar-refractivity contribution in [3.05, 3.63) is 0 Å². The molecule has 0 aromatic rings. The first kappa shape index (κ1) is 12.6. The summed E-state index contributed by atoms with van der Waals surface area (Å²) >= 11 is 0. The third-order valence-corrected chi connectivity index (χ3v) is 4.76. The van der Waals surface area contributed by atoms with Gasteiger partial charge in [0.15, 0.2) is 0 Å². The van der Waals surface area contributed by atoms with E-state index in [9.17, 15) is 0 Å². The molecule has 1 heteroatoms. The van der Waals surface area contributed by atoms with Gasteiger partial charge < -0.3 is 0 Å². The minimum atomic E-state index is 0.651. The van der Waals surface area contributed by atoms with Crippen LogP contribution in [0.2, 0.25) is 0 Å². The fourth-order valence-electron chi connectivity index (χ4n) is 3.29. The number of hydrogen-bond donors (Lipinski definition) is 0. The summed E-state index contributed by atoms with van der Waals surface area (Å²) in [6.07, 6.45) is 4.68. The van der Waals surface area contributed by atoms with Gasteiger partial charge in [0.25, 0.3) is 0 Å². The summed E-state index contributed by atoms with van der Waals surface area (Å²) in [5, 5.41) is 8.85. The molecule has 0 amide bonds. The van der Waals surface area contributed by atoms with Crippen molar-refractivity contribution in [1.82, 2.24) is 0 Å². The van der Waals surface area contributed by atoms with Gasteiger partial charge in [0.2, 0.25) is 0 Å². The highest BCUT2D eigenvalue weighted by atomic mass is 14.4. The predicted molar refractivity (Wildman–Crippen MR) is 64.2 cm³/mol. The van der Waals surface area contributed by atoms with Crippen LogP contribution in [-0.4, -0.2) is 0 Å². The molecule has 0 saturated heterocycles. The number of nitriles is 1. The first-order valence-electron chi connectivity index (χ1n) is 6.48. The highest BCUT2D eigenvalue weighted by molar-refractivity contribution is 4.90. The maximum atomic E-state index is 8.85. The largest absolute Gasteiger partial charge is 0.198 e. The molecule has 1 rings (SSSR count). The Morgan fingerprint density at radius 3 is 2.20 bits per heavy atom. The van der Waals surface area contributed by atoms with Gasteiger partial charge in [0.05, 0.1) is 6.07 Å². The molecule has 0 aromatic heterocycles. The second-order valence-electron chi connectivity index (χ2n) is 5.48. The molecule has 1 nitrogen and oxygen atoms in total. The summed E-state index contributed by atoms with van der Waals surface area (Å²) < 4.78 is 0. The third kappa shape index (κ3) is 2.74. The van der Waals surface area contributed by atoms with Gasteiger partial charge in [-0.25, -0.2) is 0 Å². The van der Waals surface area contributed by atoms with Gasteiger partial charge in [-0.3, -0.25) is 0 Å². The van der Waals surface area contributed by atoms with Crippen LogP contribution in [0.1, 0.15) is 53.4 Å². The lowest BCUT2D eigenvalue weighted by molar-refractivity contribution is 0.0639. The van der Waals surface area contributed by atoms with Gasteiger partial charge >= 0.3 is 0 Å². The van der Waals surface area contributed by atoms with Crippen molar-refractivity contribution in [3.8, 4) is 6.07 Å². The summed E-state index contributed by atoms with van der Waals surface area (Å²) in [6, 6.07) is 2.37. The molecule has 1 saturated carbocycles. The van der Waals surface area contributed by atoms with E-state index in [2.05, 4.69) is 33.8 Å². The van der Waals surface area contributed by atoms with Crippen LogP contribution in [0.25, 0.3) is 0 Å². The molecule has 0 bridgehead atoms. The predicted octanol–water partition coefficient (Wildman–Crippen LogP) is 4.24. The molecule has 1 fully saturated rings. The monoisotopic (exact) mass is 207 g/mol. The van der Waals surface area contributed by atoms with Crippen LogP contribution in [0.3, 0.4) is 0 Å². The van der Waals surface area contributed by atoms with E-state index < -0.39 is 0 Å². The molecule has 0 aromatic carbocycles. The number of nitrogens with zero attached hydrogens (tertiary/aromatic N) is 1. The molecule has 0 spiro atoms. The summed E-state index contributed by atoms with van der Waals surface area (Å²) in [4.78, 5) is 0. The van der Waals surface area contributed by atoms with Gasteiger partial charge in [-0.1, -0.05) is 40.5 Å². The smallest absolute Gasteiger partial charge is 0.0624 e. The molecule has 0 N–H and O–H groups in total. The van der Waals surface area contributed by atoms with E-state index in [1.54, 1.807) is 0 Å². The van der Waals surface area contributed by atoms with Gasteiger partial charge in [-0.05, 0) is 36.0 Å². The molecule has 86 valence electrons.